The van der Waals surface area contributed by atoms with Crippen LogP contribution in [0.25, 0.3) is 11.0 Å². The molecule has 1 aromatic heterocycles. The molecule has 0 radical (unpaired) electrons. The lowest BCUT2D eigenvalue weighted by molar-refractivity contribution is -0.174. The summed E-state index contributed by atoms with van der Waals surface area (Å²) in [6.45, 7) is 0.115. The number of nitrogens with zero attached hydrogens (tertiary/aromatic N) is 1. The summed E-state index contributed by atoms with van der Waals surface area (Å²) in [7, 11) is 0. The standard InChI is InChI=1S/C14H16F3N3O2/c1-9(13-19-10-4-2-3-5-11(10)20-13)18-12(21)6-7-22-8-14(15,16)17/h2-5,9H,6-8H2,1H3,(H,18,21)(H,19,20). The number of para-hydroxylation sites is 2. The van der Waals surface area contributed by atoms with Crippen LogP contribution in [0.5, 0.6) is 0 Å². The van der Waals surface area contributed by atoms with E-state index in [2.05, 4.69) is 20.0 Å². The molecule has 1 amide bonds. The number of H-pyrrole nitrogens is 1. The first-order chi connectivity index (χ1) is 10.3. The van der Waals surface area contributed by atoms with Gasteiger partial charge in [-0.2, -0.15) is 13.2 Å². The minimum Gasteiger partial charge on any atom is -0.372 e. The van der Waals surface area contributed by atoms with Crippen LogP contribution in [-0.4, -0.2) is 35.3 Å². The number of amides is 1. The van der Waals surface area contributed by atoms with Gasteiger partial charge in [-0.3, -0.25) is 4.79 Å². The van der Waals surface area contributed by atoms with Gasteiger partial charge >= 0.3 is 6.18 Å². The second-order valence-corrected chi connectivity index (χ2v) is 4.85. The number of nitrogens with one attached hydrogen (secondary N) is 2. The molecule has 22 heavy (non-hydrogen) atoms. The highest BCUT2D eigenvalue weighted by molar-refractivity contribution is 5.77. The smallest absolute Gasteiger partial charge is 0.372 e. The van der Waals surface area contributed by atoms with E-state index < -0.39 is 18.7 Å². The summed E-state index contributed by atoms with van der Waals surface area (Å²) in [6, 6.07) is 7.06. The molecule has 2 N–H and O–H groups in total. The summed E-state index contributed by atoms with van der Waals surface area (Å²) in [5.41, 5.74) is 1.64. The maximum atomic E-state index is 11.9. The van der Waals surface area contributed by atoms with Crippen LogP contribution in [0.4, 0.5) is 13.2 Å². The van der Waals surface area contributed by atoms with Crippen molar-refractivity contribution in [2.75, 3.05) is 13.2 Å². The molecule has 0 aliphatic rings. The van der Waals surface area contributed by atoms with Crippen molar-refractivity contribution in [3.63, 3.8) is 0 Å². The van der Waals surface area contributed by atoms with Crippen molar-refractivity contribution in [3.05, 3.63) is 30.1 Å². The van der Waals surface area contributed by atoms with Crippen molar-refractivity contribution in [1.29, 1.82) is 0 Å². The number of aromatic nitrogens is 2. The molecule has 0 bridgehead atoms. The lowest BCUT2D eigenvalue weighted by Crippen LogP contribution is -2.28. The van der Waals surface area contributed by atoms with E-state index in [0.717, 1.165) is 11.0 Å². The number of carbonyl (C=O) groups is 1. The van der Waals surface area contributed by atoms with Crippen LogP contribution in [0.2, 0.25) is 0 Å². The van der Waals surface area contributed by atoms with Gasteiger partial charge in [-0.05, 0) is 19.1 Å². The fourth-order valence-electron chi connectivity index (χ4n) is 1.91. The molecule has 5 nitrogen and oxygen atoms in total. The second-order valence-electron chi connectivity index (χ2n) is 4.85. The minimum absolute atomic E-state index is 0.138. The van der Waals surface area contributed by atoms with Crippen molar-refractivity contribution >= 4 is 16.9 Å². The monoisotopic (exact) mass is 315 g/mol. The second kappa shape index (κ2) is 6.78. The zero-order valence-corrected chi connectivity index (χ0v) is 11.9. The lowest BCUT2D eigenvalue weighted by atomic mass is 10.3. The van der Waals surface area contributed by atoms with Gasteiger partial charge in [0, 0.05) is 6.42 Å². The maximum Gasteiger partial charge on any atom is 0.411 e. The molecule has 0 saturated heterocycles. The molecule has 8 heteroatoms. The van der Waals surface area contributed by atoms with Crippen molar-refractivity contribution in [1.82, 2.24) is 15.3 Å². The Kier molecular flexibility index (Phi) is 5.02. The molecule has 0 aliphatic heterocycles. The first kappa shape index (κ1) is 16.3. The Morgan fingerprint density at radius 2 is 2.14 bits per heavy atom. The third-order valence-corrected chi connectivity index (χ3v) is 2.93. The van der Waals surface area contributed by atoms with E-state index in [1.54, 1.807) is 6.92 Å². The Hall–Kier alpha value is -2.09. The van der Waals surface area contributed by atoms with Crippen LogP contribution in [0.15, 0.2) is 24.3 Å². The molecule has 1 aromatic carbocycles. The Bertz CT molecular complexity index is 607. The van der Waals surface area contributed by atoms with Gasteiger partial charge < -0.3 is 15.0 Å². The fourth-order valence-corrected chi connectivity index (χ4v) is 1.91. The molecule has 120 valence electrons. The Morgan fingerprint density at radius 1 is 1.41 bits per heavy atom. The number of alkyl halides is 3. The SMILES string of the molecule is CC(NC(=O)CCOCC(F)(F)F)c1nc2ccccc2[nH]1. The topological polar surface area (TPSA) is 67.0 Å². The molecular weight excluding hydrogens is 299 g/mol. The molecule has 0 saturated carbocycles. The van der Waals surface area contributed by atoms with Crippen LogP contribution in [-0.2, 0) is 9.53 Å². The highest BCUT2D eigenvalue weighted by Gasteiger charge is 2.27. The predicted octanol–water partition coefficient (Wildman–Crippen LogP) is 2.71. The van der Waals surface area contributed by atoms with E-state index in [0.29, 0.717) is 5.82 Å². The molecule has 0 spiro atoms. The number of halogens is 3. The highest BCUT2D eigenvalue weighted by atomic mass is 19.4. The summed E-state index contributed by atoms with van der Waals surface area (Å²) in [5, 5.41) is 2.66. The Morgan fingerprint density at radius 3 is 2.82 bits per heavy atom. The van der Waals surface area contributed by atoms with Gasteiger partial charge in [-0.25, -0.2) is 4.98 Å². The van der Waals surface area contributed by atoms with Crippen LogP contribution >= 0.6 is 0 Å². The van der Waals surface area contributed by atoms with Gasteiger partial charge in [0.05, 0.1) is 23.7 Å². The highest BCUT2D eigenvalue weighted by Crippen LogP contribution is 2.16. The van der Waals surface area contributed by atoms with Gasteiger partial charge in [-0.1, -0.05) is 12.1 Å². The molecule has 2 rings (SSSR count). The number of benzene rings is 1. The summed E-state index contributed by atoms with van der Waals surface area (Å²) in [6.07, 6.45) is -4.52. The molecule has 0 fully saturated rings. The Balaban J connectivity index is 1.81. The van der Waals surface area contributed by atoms with Crippen molar-refractivity contribution in [2.24, 2.45) is 0 Å². The van der Waals surface area contributed by atoms with Gasteiger partial charge in [0.1, 0.15) is 12.4 Å². The predicted molar refractivity (Wildman–Crippen MR) is 74.1 cm³/mol. The molecule has 1 unspecified atom stereocenters. The van der Waals surface area contributed by atoms with Gasteiger partial charge in [-0.15, -0.1) is 0 Å². The summed E-state index contributed by atoms with van der Waals surface area (Å²) >= 11 is 0. The van der Waals surface area contributed by atoms with Crippen LogP contribution in [0.1, 0.15) is 25.2 Å². The van der Waals surface area contributed by atoms with E-state index in [4.69, 9.17) is 0 Å². The Labute approximate surface area is 124 Å². The number of aromatic amines is 1. The van der Waals surface area contributed by atoms with E-state index in [-0.39, 0.29) is 19.1 Å². The molecule has 1 heterocycles. The number of fused-ring (bicyclic) bond motifs is 1. The first-order valence-corrected chi connectivity index (χ1v) is 6.73. The number of carbonyl (C=O) groups excluding carboxylic acids is 1. The molecule has 0 aliphatic carbocycles. The van der Waals surface area contributed by atoms with Gasteiger partial charge in [0.15, 0.2) is 0 Å². The van der Waals surface area contributed by atoms with E-state index in [9.17, 15) is 18.0 Å². The number of ether oxygens (including phenoxy) is 1. The number of rotatable bonds is 6. The van der Waals surface area contributed by atoms with E-state index in [1.165, 1.54) is 0 Å². The summed E-state index contributed by atoms with van der Waals surface area (Å²) in [5.74, 6) is 0.195. The zero-order chi connectivity index (χ0) is 16.2. The average Bonchev–Trinajstić information content (AvgIpc) is 2.86. The van der Waals surface area contributed by atoms with E-state index in [1.807, 2.05) is 24.3 Å². The fraction of sp³-hybridized carbons (Fsp3) is 0.429. The number of imidazole rings is 1. The minimum atomic E-state index is -4.38. The maximum absolute atomic E-state index is 11.9. The van der Waals surface area contributed by atoms with E-state index >= 15 is 0 Å². The normalized spacial score (nSPS) is 13.3. The quantitative estimate of drug-likeness (QED) is 0.806. The van der Waals surface area contributed by atoms with Crippen molar-refractivity contribution in [3.8, 4) is 0 Å². The largest absolute Gasteiger partial charge is 0.411 e. The average molecular weight is 315 g/mol. The third-order valence-electron chi connectivity index (χ3n) is 2.93. The van der Waals surface area contributed by atoms with Gasteiger partial charge in [0.2, 0.25) is 5.91 Å². The molecular formula is C14H16F3N3O2. The zero-order valence-electron chi connectivity index (χ0n) is 11.9. The lowest BCUT2D eigenvalue weighted by Gasteiger charge is -2.12. The van der Waals surface area contributed by atoms with Gasteiger partial charge in [0.25, 0.3) is 0 Å². The molecule has 1 atom stereocenters. The van der Waals surface area contributed by atoms with Crippen LogP contribution in [0.3, 0.4) is 0 Å². The summed E-state index contributed by atoms with van der Waals surface area (Å²) in [4.78, 5) is 19.1. The number of hydrogen-bond donors (Lipinski definition) is 2. The van der Waals surface area contributed by atoms with Crippen LogP contribution in [0, 0.1) is 0 Å². The summed E-state index contributed by atoms with van der Waals surface area (Å²) < 4.78 is 40.0. The van der Waals surface area contributed by atoms with Crippen molar-refractivity contribution < 1.29 is 22.7 Å². The third kappa shape index (κ3) is 4.73. The molecule has 2 aromatic rings. The first-order valence-electron chi connectivity index (χ1n) is 6.73. The number of hydrogen-bond acceptors (Lipinski definition) is 3. The van der Waals surface area contributed by atoms with Crippen LogP contribution < -0.4 is 5.32 Å². The van der Waals surface area contributed by atoms with Crippen molar-refractivity contribution in [2.45, 2.75) is 25.6 Å².